The van der Waals surface area contributed by atoms with Gasteiger partial charge in [0.25, 0.3) is 10.9 Å². The number of nitrogens with zero attached hydrogens (tertiary/aromatic N) is 2. The van der Waals surface area contributed by atoms with Gasteiger partial charge in [0.2, 0.25) is 0 Å². The molecule has 0 aliphatic heterocycles. The lowest BCUT2D eigenvalue weighted by Crippen LogP contribution is -1.95. The van der Waals surface area contributed by atoms with Crippen molar-refractivity contribution in [3.8, 4) is 10.9 Å². The Morgan fingerprint density at radius 2 is 2.15 bits per heavy atom. The van der Waals surface area contributed by atoms with Gasteiger partial charge < -0.3 is 9.84 Å². The quantitative estimate of drug-likeness (QED) is 0.688. The lowest BCUT2D eigenvalue weighted by Gasteiger charge is -2.07. The minimum atomic E-state index is -0.434. The number of halogens is 1. The molecule has 0 amide bonds. The van der Waals surface area contributed by atoms with Crippen LogP contribution in [0.3, 0.4) is 0 Å². The van der Waals surface area contributed by atoms with Crippen molar-refractivity contribution >= 4 is 28.6 Å². The normalized spacial score (nSPS) is 10.6. The fourth-order valence-corrected chi connectivity index (χ4v) is 2.61. The van der Waals surface area contributed by atoms with Crippen LogP contribution in [0.5, 0.6) is 10.9 Å². The van der Waals surface area contributed by atoms with E-state index in [1.807, 2.05) is 0 Å². The van der Waals surface area contributed by atoms with Crippen LogP contribution >= 0.6 is 22.9 Å². The Balaban J connectivity index is 2.33. The lowest BCUT2D eigenvalue weighted by atomic mass is 10.1. The van der Waals surface area contributed by atoms with E-state index in [0.717, 1.165) is 11.3 Å². The molecular formula is C12H11ClN2O4S. The Kier molecular flexibility index (Phi) is 4.22. The van der Waals surface area contributed by atoms with Gasteiger partial charge in [-0.25, -0.2) is 0 Å². The van der Waals surface area contributed by atoms with Gasteiger partial charge in [0.1, 0.15) is 10.9 Å². The Morgan fingerprint density at radius 3 is 2.70 bits per heavy atom. The van der Waals surface area contributed by atoms with Gasteiger partial charge in [0.15, 0.2) is 0 Å². The first-order chi connectivity index (χ1) is 9.42. The van der Waals surface area contributed by atoms with E-state index in [1.54, 1.807) is 19.9 Å². The minimum Gasteiger partial charge on any atom is -0.431 e. The van der Waals surface area contributed by atoms with E-state index in [4.69, 9.17) is 21.4 Å². The summed E-state index contributed by atoms with van der Waals surface area (Å²) in [5.41, 5.74) is 1.17. The van der Waals surface area contributed by atoms with E-state index in [9.17, 15) is 10.1 Å². The summed E-state index contributed by atoms with van der Waals surface area (Å²) in [6.07, 6.45) is 0. The van der Waals surface area contributed by atoms with Crippen LogP contribution < -0.4 is 4.74 Å². The monoisotopic (exact) mass is 314 g/mol. The van der Waals surface area contributed by atoms with Crippen molar-refractivity contribution < 1.29 is 14.8 Å². The molecule has 0 unspecified atom stereocenters. The standard InChI is InChI=1S/C12H11ClN2O4S/c1-6-4-9(7(2)3-8(6)15(17)18)19-12-14-11(13)10(5-16)20-12/h3-4,16H,5H2,1-2H3. The smallest absolute Gasteiger partial charge is 0.280 e. The van der Waals surface area contributed by atoms with E-state index in [0.29, 0.717) is 21.8 Å². The molecule has 0 saturated carbocycles. The van der Waals surface area contributed by atoms with E-state index < -0.39 is 4.92 Å². The number of ether oxygens (including phenoxy) is 1. The molecule has 0 bridgehead atoms. The fourth-order valence-electron chi connectivity index (χ4n) is 1.63. The first-order valence-electron chi connectivity index (χ1n) is 5.62. The highest BCUT2D eigenvalue weighted by molar-refractivity contribution is 7.13. The lowest BCUT2D eigenvalue weighted by molar-refractivity contribution is -0.385. The average Bonchev–Trinajstić information content (AvgIpc) is 2.73. The van der Waals surface area contributed by atoms with E-state index in [1.165, 1.54) is 6.07 Å². The molecule has 2 aromatic rings. The highest BCUT2D eigenvalue weighted by atomic mass is 35.5. The van der Waals surface area contributed by atoms with Crippen molar-refractivity contribution in [1.82, 2.24) is 4.98 Å². The number of nitro benzene ring substituents is 1. The van der Waals surface area contributed by atoms with Crippen molar-refractivity contribution in [2.75, 3.05) is 0 Å². The number of hydrogen-bond donors (Lipinski definition) is 1. The summed E-state index contributed by atoms with van der Waals surface area (Å²) in [6, 6.07) is 3.04. The van der Waals surface area contributed by atoms with Crippen molar-refractivity contribution in [1.29, 1.82) is 0 Å². The van der Waals surface area contributed by atoms with Crippen LogP contribution in [0.4, 0.5) is 5.69 Å². The predicted molar refractivity (Wildman–Crippen MR) is 75.7 cm³/mol. The molecule has 0 spiro atoms. The van der Waals surface area contributed by atoms with Crippen LogP contribution in [0.15, 0.2) is 12.1 Å². The Bertz CT molecular complexity index is 672. The van der Waals surface area contributed by atoms with Crippen molar-refractivity contribution in [3.05, 3.63) is 43.4 Å². The van der Waals surface area contributed by atoms with Crippen LogP contribution in [-0.4, -0.2) is 15.0 Å². The molecule has 0 aliphatic rings. The average molecular weight is 315 g/mol. The van der Waals surface area contributed by atoms with Gasteiger partial charge in [0, 0.05) is 11.6 Å². The Hall–Kier alpha value is -1.70. The second kappa shape index (κ2) is 5.74. The predicted octanol–water partition coefficient (Wildman–Crippen LogP) is 3.61. The van der Waals surface area contributed by atoms with Crippen molar-refractivity contribution in [2.24, 2.45) is 0 Å². The molecule has 1 aromatic carbocycles. The summed E-state index contributed by atoms with van der Waals surface area (Å²) in [5.74, 6) is 0.475. The summed E-state index contributed by atoms with van der Waals surface area (Å²) >= 11 is 6.95. The van der Waals surface area contributed by atoms with Gasteiger partial charge in [-0.3, -0.25) is 10.1 Å². The van der Waals surface area contributed by atoms with Gasteiger partial charge in [-0.1, -0.05) is 22.9 Å². The number of rotatable bonds is 4. The Labute approximate surface area is 123 Å². The third kappa shape index (κ3) is 2.90. The number of aliphatic hydroxyl groups excluding tert-OH is 1. The zero-order valence-corrected chi connectivity index (χ0v) is 12.3. The molecule has 2 rings (SSSR count). The number of aryl methyl sites for hydroxylation is 2. The maximum atomic E-state index is 10.8. The van der Waals surface area contributed by atoms with E-state index >= 15 is 0 Å². The third-order valence-corrected chi connectivity index (χ3v) is 4.00. The highest BCUT2D eigenvalue weighted by Gasteiger charge is 2.16. The van der Waals surface area contributed by atoms with Crippen LogP contribution in [-0.2, 0) is 6.61 Å². The summed E-state index contributed by atoms with van der Waals surface area (Å²) in [5, 5.41) is 20.4. The summed E-state index contributed by atoms with van der Waals surface area (Å²) < 4.78 is 5.58. The Morgan fingerprint density at radius 1 is 1.45 bits per heavy atom. The minimum absolute atomic E-state index is 0.0445. The molecule has 6 nitrogen and oxygen atoms in total. The van der Waals surface area contributed by atoms with Crippen LogP contribution in [0.2, 0.25) is 5.15 Å². The SMILES string of the molecule is Cc1cc([N+](=O)[O-])c(C)cc1Oc1nc(Cl)c(CO)s1. The maximum absolute atomic E-state index is 10.8. The van der Waals surface area contributed by atoms with Gasteiger partial charge >= 0.3 is 0 Å². The number of hydrogen-bond acceptors (Lipinski definition) is 6. The molecule has 1 N–H and O–H groups in total. The second-order valence-corrected chi connectivity index (χ2v) is 5.52. The molecule has 106 valence electrons. The molecule has 0 atom stereocenters. The van der Waals surface area contributed by atoms with E-state index in [-0.39, 0.29) is 22.6 Å². The summed E-state index contributed by atoms with van der Waals surface area (Å²) in [6.45, 7) is 3.14. The van der Waals surface area contributed by atoms with Gasteiger partial charge in [-0.05, 0) is 25.5 Å². The molecule has 1 heterocycles. The van der Waals surface area contributed by atoms with Crippen LogP contribution in [0.1, 0.15) is 16.0 Å². The molecule has 0 aliphatic carbocycles. The van der Waals surface area contributed by atoms with Crippen LogP contribution in [0, 0.1) is 24.0 Å². The van der Waals surface area contributed by atoms with E-state index in [2.05, 4.69) is 4.98 Å². The molecule has 1 aromatic heterocycles. The van der Waals surface area contributed by atoms with Crippen molar-refractivity contribution in [3.63, 3.8) is 0 Å². The molecular weight excluding hydrogens is 304 g/mol. The summed E-state index contributed by atoms with van der Waals surface area (Å²) in [7, 11) is 0. The third-order valence-electron chi connectivity index (χ3n) is 2.66. The topological polar surface area (TPSA) is 85.5 Å². The van der Waals surface area contributed by atoms with Gasteiger partial charge in [-0.15, -0.1) is 0 Å². The first kappa shape index (κ1) is 14.7. The number of benzene rings is 1. The largest absolute Gasteiger partial charge is 0.431 e. The molecule has 20 heavy (non-hydrogen) atoms. The van der Waals surface area contributed by atoms with Gasteiger partial charge in [0.05, 0.1) is 16.4 Å². The second-order valence-electron chi connectivity index (χ2n) is 4.12. The molecule has 0 saturated heterocycles. The van der Waals surface area contributed by atoms with Gasteiger partial charge in [-0.2, -0.15) is 4.98 Å². The number of aromatic nitrogens is 1. The fraction of sp³-hybridized carbons (Fsp3) is 0.250. The highest BCUT2D eigenvalue weighted by Crippen LogP contribution is 2.35. The number of aliphatic hydroxyl groups is 1. The number of nitro groups is 1. The number of thiazole rings is 1. The first-order valence-corrected chi connectivity index (χ1v) is 6.81. The molecule has 8 heteroatoms. The zero-order valence-electron chi connectivity index (χ0n) is 10.7. The molecule has 0 radical (unpaired) electrons. The maximum Gasteiger partial charge on any atom is 0.280 e. The van der Waals surface area contributed by atoms with Crippen LogP contribution in [0.25, 0.3) is 0 Å². The van der Waals surface area contributed by atoms with Crippen molar-refractivity contribution in [2.45, 2.75) is 20.5 Å². The zero-order chi connectivity index (χ0) is 14.9. The molecule has 0 fully saturated rings. The summed E-state index contributed by atoms with van der Waals surface area (Å²) in [4.78, 5) is 14.9.